The quantitative estimate of drug-likeness (QED) is 0.120. The maximum absolute atomic E-state index is 13.8. The Morgan fingerprint density at radius 2 is 1.81 bits per heavy atom. The van der Waals surface area contributed by atoms with Crippen LogP contribution < -0.4 is 0 Å². The number of hydrogen-bond donors (Lipinski definition) is 3. The van der Waals surface area contributed by atoms with Crippen LogP contribution in [0.4, 0.5) is 0 Å². The summed E-state index contributed by atoms with van der Waals surface area (Å²) in [4.78, 5) is 27.4. The molecule has 5 fully saturated rings. The number of carbonyl (C=O) groups is 2. The average molecular weight is 647 g/mol. The fourth-order valence-electron chi connectivity index (χ4n) is 9.08. The molecule has 0 amide bonds. The van der Waals surface area contributed by atoms with Crippen molar-refractivity contribution in [1.29, 1.82) is 0 Å². The van der Waals surface area contributed by atoms with Crippen LogP contribution >= 0.6 is 0 Å². The molecule has 3 heterocycles. The molecule has 3 bridgehead atoms. The Bertz CT molecular complexity index is 1610. The maximum Gasteiger partial charge on any atom is 0.331 e. The standard InChI is InChI=1S/C37H42O10/c1-6-7-8-9-10-11-15-18-26(39)43-29-23(5)36-25-19-22(4)28(40)34(25,42)32(41)33(20-38)30(44-33)27(36)31-35(29,21(2)3)46-37(45-31,47-36)24-16-13-12-14-17-24/h8-19,23,25,27,29-32,38,41-42H,2,6-7,20H2,1,3-5H3/b9-8+,11-10+,18-15+/t23-,25-,27+,29-,30+,31-,32-,33+,34-,35+,36+,37?/m1/s1. The van der Waals surface area contributed by atoms with Gasteiger partial charge in [-0.3, -0.25) is 4.79 Å². The predicted octanol–water partition coefficient (Wildman–Crippen LogP) is 3.32. The Morgan fingerprint density at radius 3 is 2.49 bits per heavy atom. The molecule has 0 radical (unpaired) electrons. The molecule has 12 atom stereocenters. The number of unbranched alkanes of at least 4 members (excludes halogenated alkanes) is 1. The molecule has 0 spiro atoms. The summed E-state index contributed by atoms with van der Waals surface area (Å²) in [5.74, 6) is -5.92. The highest BCUT2D eigenvalue weighted by Crippen LogP contribution is 2.74. The first-order chi connectivity index (χ1) is 22.4. The Morgan fingerprint density at radius 1 is 1.09 bits per heavy atom. The normalized spacial score (nSPS) is 46.0. The third kappa shape index (κ3) is 4.04. The molecule has 3 aliphatic heterocycles. The van der Waals surface area contributed by atoms with Gasteiger partial charge in [0.1, 0.15) is 30.0 Å². The number of rotatable bonds is 9. The number of carbonyl (C=O) groups excluding carboxylic acids is 2. The van der Waals surface area contributed by atoms with Gasteiger partial charge >= 0.3 is 11.9 Å². The molecule has 6 aliphatic rings. The van der Waals surface area contributed by atoms with Crippen LogP contribution in [0.25, 0.3) is 0 Å². The van der Waals surface area contributed by atoms with Crippen LogP contribution in [-0.2, 0) is 39.2 Å². The van der Waals surface area contributed by atoms with Crippen LogP contribution in [0.2, 0.25) is 0 Å². The minimum Gasteiger partial charge on any atom is -0.455 e. The van der Waals surface area contributed by atoms with E-state index in [2.05, 4.69) is 13.5 Å². The van der Waals surface area contributed by atoms with Crippen molar-refractivity contribution in [3.63, 3.8) is 0 Å². The van der Waals surface area contributed by atoms with Gasteiger partial charge in [0.05, 0.1) is 12.2 Å². The van der Waals surface area contributed by atoms with Gasteiger partial charge in [0.15, 0.2) is 17.0 Å². The smallest absolute Gasteiger partial charge is 0.331 e. The first-order valence-corrected chi connectivity index (χ1v) is 16.3. The van der Waals surface area contributed by atoms with Gasteiger partial charge in [-0.05, 0) is 31.4 Å². The zero-order valence-electron chi connectivity index (χ0n) is 27.0. The van der Waals surface area contributed by atoms with Crippen LogP contribution in [0.1, 0.15) is 46.1 Å². The molecule has 1 aromatic carbocycles. The molecule has 1 aromatic rings. The van der Waals surface area contributed by atoms with Gasteiger partial charge in [0, 0.05) is 29.4 Å². The molecule has 250 valence electrons. The van der Waals surface area contributed by atoms with Gasteiger partial charge in [-0.25, -0.2) is 4.79 Å². The van der Waals surface area contributed by atoms with E-state index in [1.807, 2.05) is 31.2 Å². The summed E-state index contributed by atoms with van der Waals surface area (Å²) in [5.41, 5.74) is -5.90. The topological polar surface area (TPSA) is 144 Å². The Labute approximate surface area is 274 Å². The fraction of sp³-hybridized carbons (Fsp3) is 0.514. The SMILES string of the molecule is C=C(C)[C@@]12OC3(c4ccccc4)O[C@@H]1[C@@H]1[C@@H]4O[C@]4(CO)[C@@H](O)[C@]4(O)C(=O)C(C)=C[C@H]4[C@@]1(O3)[C@H](C)[C@H]2OC(=O)/C=C/C=C/C=C/CCC. The zero-order chi connectivity index (χ0) is 33.6. The molecule has 47 heavy (non-hydrogen) atoms. The summed E-state index contributed by atoms with van der Waals surface area (Å²) >= 11 is 0. The van der Waals surface area contributed by atoms with Crippen molar-refractivity contribution >= 4 is 11.8 Å². The highest BCUT2D eigenvalue weighted by Gasteiger charge is 2.90. The van der Waals surface area contributed by atoms with Crippen molar-refractivity contribution in [3.05, 3.63) is 96.2 Å². The third-order valence-corrected chi connectivity index (χ3v) is 11.3. The van der Waals surface area contributed by atoms with E-state index < -0.39 is 88.9 Å². The summed E-state index contributed by atoms with van der Waals surface area (Å²) in [6.07, 6.45) is 9.29. The molecule has 0 aromatic heterocycles. The second kappa shape index (κ2) is 10.9. The molecule has 1 unspecified atom stereocenters. The molecule has 3 saturated heterocycles. The number of ether oxygens (including phenoxy) is 5. The summed E-state index contributed by atoms with van der Waals surface area (Å²) in [6, 6.07) is 9.01. The van der Waals surface area contributed by atoms with Gasteiger partial charge in [0.25, 0.3) is 0 Å². The van der Waals surface area contributed by atoms with E-state index in [0.29, 0.717) is 11.1 Å². The molecule has 7 rings (SSSR count). The summed E-state index contributed by atoms with van der Waals surface area (Å²) < 4.78 is 33.3. The number of benzene rings is 1. The number of fused-ring (bicyclic) bond motifs is 3. The third-order valence-electron chi connectivity index (χ3n) is 11.3. The van der Waals surface area contributed by atoms with E-state index in [4.69, 9.17) is 23.7 Å². The largest absolute Gasteiger partial charge is 0.455 e. The zero-order valence-corrected chi connectivity index (χ0v) is 27.0. The summed E-state index contributed by atoms with van der Waals surface area (Å²) in [7, 11) is 0. The molecule has 2 saturated carbocycles. The van der Waals surface area contributed by atoms with Crippen LogP contribution in [0, 0.1) is 17.8 Å². The monoisotopic (exact) mass is 646 g/mol. The first-order valence-electron chi connectivity index (χ1n) is 16.3. The molecule has 3 aliphatic carbocycles. The van der Waals surface area contributed by atoms with Crippen molar-refractivity contribution in [3.8, 4) is 0 Å². The van der Waals surface area contributed by atoms with Gasteiger partial charge in [-0.15, -0.1) is 0 Å². The van der Waals surface area contributed by atoms with E-state index in [1.54, 1.807) is 56.3 Å². The van der Waals surface area contributed by atoms with Gasteiger partial charge < -0.3 is 39.0 Å². The molecular formula is C37H42O10. The number of aliphatic hydroxyl groups excluding tert-OH is 2. The predicted molar refractivity (Wildman–Crippen MR) is 168 cm³/mol. The van der Waals surface area contributed by atoms with Crippen molar-refractivity contribution in [2.45, 2.75) is 93.3 Å². The average Bonchev–Trinajstić information content (AvgIpc) is 3.68. The highest BCUT2D eigenvalue weighted by atomic mass is 16.9. The van der Waals surface area contributed by atoms with Crippen LogP contribution in [0.15, 0.2) is 90.6 Å². The lowest BCUT2D eigenvalue weighted by Gasteiger charge is -2.61. The number of aliphatic hydroxyl groups is 3. The minimum atomic E-state index is -2.42. The Kier molecular flexibility index (Phi) is 7.50. The Hall–Kier alpha value is -3.22. The van der Waals surface area contributed by atoms with Crippen molar-refractivity contribution in [2.75, 3.05) is 6.61 Å². The van der Waals surface area contributed by atoms with E-state index in [-0.39, 0.29) is 5.57 Å². The number of epoxide rings is 1. The van der Waals surface area contributed by atoms with Crippen LogP contribution in [0.5, 0.6) is 0 Å². The molecule has 10 nitrogen and oxygen atoms in total. The number of esters is 1. The second-order valence-corrected chi connectivity index (χ2v) is 13.8. The number of allylic oxidation sites excluding steroid dienone is 5. The summed E-state index contributed by atoms with van der Waals surface area (Å²) in [5, 5.41) is 34.9. The number of Topliss-reactive ketones (excluding diaryl/α,β-unsaturated/α-hetero) is 1. The van der Waals surface area contributed by atoms with Gasteiger partial charge in [-0.2, -0.15) is 0 Å². The lowest BCUT2D eigenvalue weighted by molar-refractivity contribution is -0.440. The van der Waals surface area contributed by atoms with E-state index in [9.17, 15) is 24.9 Å². The van der Waals surface area contributed by atoms with Gasteiger partial charge in [0.2, 0.25) is 0 Å². The summed E-state index contributed by atoms with van der Waals surface area (Å²) in [6.45, 7) is 10.9. The first kappa shape index (κ1) is 32.3. The highest BCUT2D eigenvalue weighted by molar-refractivity contribution is 6.05. The van der Waals surface area contributed by atoms with E-state index >= 15 is 0 Å². The van der Waals surface area contributed by atoms with E-state index in [1.165, 1.54) is 6.08 Å². The fourth-order valence-corrected chi connectivity index (χ4v) is 9.08. The van der Waals surface area contributed by atoms with Gasteiger partial charge in [-0.1, -0.05) is 93.6 Å². The van der Waals surface area contributed by atoms with E-state index in [0.717, 1.165) is 12.8 Å². The Balaban J connectivity index is 1.40. The maximum atomic E-state index is 13.8. The lowest BCUT2D eigenvalue weighted by atomic mass is 9.53. The van der Waals surface area contributed by atoms with Crippen molar-refractivity contribution in [2.24, 2.45) is 17.8 Å². The second-order valence-electron chi connectivity index (χ2n) is 13.8. The molecule has 10 heteroatoms. The van der Waals surface area contributed by atoms with Crippen molar-refractivity contribution < 1.29 is 48.6 Å². The molecule has 3 N–H and O–H groups in total. The number of hydrogen-bond acceptors (Lipinski definition) is 10. The van der Waals surface area contributed by atoms with Crippen LogP contribution in [0.3, 0.4) is 0 Å². The van der Waals surface area contributed by atoms with Crippen LogP contribution in [-0.4, -0.2) is 80.5 Å². The minimum absolute atomic E-state index is 0.231. The van der Waals surface area contributed by atoms with Crippen molar-refractivity contribution in [1.82, 2.24) is 0 Å². The number of ketones is 1. The molecular weight excluding hydrogens is 604 g/mol. The lowest BCUT2D eigenvalue weighted by Crippen LogP contribution is -2.76.